The quantitative estimate of drug-likeness (QED) is 0.613. The van der Waals surface area contributed by atoms with Gasteiger partial charge >= 0.3 is 0 Å². The number of rotatable bonds is 4. The predicted molar refractivity (Wildman–Crippen MR) is 114 cm³/mol. The number of anilines is 1. The van der Waals surface area contributed by atoms with Gasteiger partial charge in [-0.2, -0.15) is 9.40 Å². The van der Waals surface area contributed by atoms with E-state index in [4.69, 9.17) is 9.84 Å². The second kappa shape index (κ2) is 7.76. The molecule has 164 valence electrons. The summed E-state index contributed by atoms with van der Waals surface area (Å²) in [6.45, 7) is 1.54. The van der Waals surface area contributed by atoms with E-state index in [2.05, 4.69) is 9.88 Å². The number of hydrogen-bond acceptors (Lipinski definition) is 6. The minimum Gasteiger partial charge on any atom is -0.495 e. The highest BCUT2D eigenvalue weighted by molar-refractivity contribution is 7.89. The summed E-state index contributed by atoms with van der Waals surface area (Å²) in [7, 11) is -2.50. The van der Waals surface area contributed by atoms with E-state index in [-0.39, 0.29) is 23.7 Å². The summed E-state index contributed by atoms with van der Waals surface area (Å²) in [6, 6.07) is 3.54. The Kier molecular flexibility index (Phi) is 5.05. The maximum atomic E-state index is 13.8. The molecule has 0 bridgehead atoms. The number of piperazine rings is 1. The van der Waals surface area contributed by atoms with Gasteiger partial charge in [-0.1, -0.05) is 0 Å². The van der Waals surface area contributed by atoms with Crippen molar-refractivity contribution in [3.8, 4) is 5.75 Å². The van der Waals surface area contributed by atoms with Crippen molar-refractivity contribution in [1.29, 1.82) is 0 Å². The Bertz CT molecular complexity index is 1240. The smallest absolute Gasteiger partial charge is 0.246 e. The molecule has 10 heteroatoms. The highest BCUT2D eigenvalue weighted by atomic mass is 32.2. The van der Waals surface area contributed by atoms with Crippen LogP contribution in [0.25, 0.3) is 5.52 Å². The first-order chi connectivity index (χ1) is 15.0. The Labute approximate surface area is 180 Å². The number of nitrogens with zero attached hydrogens (tertiary/aromatic N) is 5. The van der Waals surface area contributed by atoms with Gasteiger partial charge < -0.3 is 9.64 Å². The predicted octanol–water partition coefficient (Wildman–Crippen LogP) is 2.27. The summed E-state index contributed by atoms with van der Waals surface area (Å²) >= 11 is 0. The third-order valence-corrected chi connectivity index (χ3v) is 8.00. The number of methoxy groups -OCH3 is 1. The lowest BCUT2D eigenvalue weighted by atomic mass is 9.97. The molecule has 1 fully saturated rings. The van der Waals surface area contributed by atoms with Crippen LogP contribution in [0, 0.1) is 5.82 Å². The molecule has 5 rings (SSSR count). The lowest BCUT2D eigenvalue weighted by Crippen LogP contribution is -2.49. The molecule has 1 aromatic carbocycles. The highest BCUT2D eigenvalue weighted by Gasteiger charge is 2.32. The zero-order chi connectivity index (χ0) is 21.6. The van der Waals surface area contributed by atoms with Crippen molar-refractivity contribution >= 4 is 21.4 Å². The Morgan fingerprint density at radius 1 is 1.10 bits per heavy atom. The van der Waals surface area contributed by atoms with E-state index >= 15 is 0 Å². The van der Waals surface area contributed by atoms with Crippen molar-refractivity contribution in [3.05, 3.63) is 47.7 Å². The molecule has 1 saturated heterocycles. The van der Waals surface area contributed by atoms with Gasteiger partial charge in [0.2, 0.25) is 10.0 Å². The van der Waals surface area contributed by atoms with Gasteiger partial charge in [0.25, 0.3) is 0 Å². The van der Waals surface area contributed by atoms with Gasteiger partial charge in [-0.3, -0.25) is 0 Å². The standard InChI is InChI=1S/C21H24FN5O3S/c1-30-18-7-6-15(22)14-19(18)31(28,29)26-12-10-25(11-13-26)21-20-16-4-2-3-5-17(16)24-27(20)9-8-23-21/h6-9,14H,2-5,10-13H2,1H3. The Morgan fingerprint density at radius 2 is 1.87 bits per heavy atom. The minimum atomic E-state index is -3.88. The molecule has 0 amide bonds. The van der Waals surface area contributed by atoms with Crippen LogP contribution in [0.4, 0.5) is 10.2 Å². The second-order valence-electron chi connectivity index (χ2n) is 7.86. The number of fused-ring (bicyclic) bond motifs is 3. The monoisotopic (exact) mass is 445 g/mol. The van der Waals surface area contributed by atoms with Crippen LogP contribution in [0.15, 0.2) is 35.5 Å². The number of benzene rings is 1. The van der Waals surface area contributed by atoms with Gasteiger partial charge in [-0.05, 0) is 43.9 Å². The minimum absolute atomic E-state index is 0.140. The van der Waals surface area contributed by atoms with Crippen molar-refractivity contribution in [2.24, 2.45) is 0 Å². The fourth-order valence-electron chi connectivity index (χ4n) is 4.51. The van der Waals surface area contributed by atoms with Gasteiger partial charge in [-0.25, -0.2) is 22.3 Å². The Balaban J connectivity index is 1.41. The van der Waals surface area contributed by atoms with E-state index in [1.807, 2.05) is 10.7 Å². The lowest BCUT2D eigenvalue weighted by molar-refractivity contribution is 0.372. The molecule has 2 aliphatic rings. The normalized spacial score (nSPS) is 17.7. The molecule has 0 unspecified atom stereocenters. The molecule has 3 aromatic rings. The lowest BCUT2D eigenvalue weighted by Gasteiger charge is -2.35. The molecular formula is C21H24FN5O3S. The van der Waals surface area contributed by atoms with E-state index in [0.29, 0.717) is 13.1 Å². The number of hydrogen-bond donors (Lipinski definition) is 0. The van der Waals surface area contributed by atoms with Gasteiger partial charge in [0.1, 0.15) is 22.0 Å². The summed E-state index contributed by atoms with van der Waals surface area (Å²) in [5, 5.41) is 4.72. The van der Waals surface area contributed by atoms with Crippen molar-refractivity contribution in [2.45, 2.75) is 30.6 Å². The SMILES string of the molecule is COc1ccc(F)cc1S(=O)(=O)N1CCN(c2nccn3nc4c(c23)CCCC4)CC1. The molecule has 0 saturated carbocycles. The van der Waals surface area contributed by atoms with Crippen molar-refractivity contribution in [1.82, 2.24) is 18.9 Å². The van der Waals surface area contributed by atoms with Crippen LogP contribution in [-0.4, -0.2) is 60.6 Å². The first kappa shape index (κ1) is 20.2. The molecular weight excluding hydrogens is 421 g/mol. The number of aryl methyl sites for hydroxylation is 2. The van der Waals surface area contributed by atoms with Crippen LogP contribution >= 0.6 is 0 Å². The third kappa shape index (κ3) is 3.43. The van der Waals surface area contributed by atoms with Crippen LogP contribution in [0.2, 0.25) is 0 Å². The summed E-state index contributed by atoms with van der Waals surface area (Å²) in [4.78, 5) is 6.59. The first-order valence-corrected chi connectivity index (χ1v) is 11.9. The average Bonchev–Trinajstić information content (AvgIpc) is 3.18. The zero-order valence-electron chi connectivity index (χ0n) is 17.3. The Hall–Kier alpha value is -2.72. The largest absolute Gasteiger partial charge is 0.495 e. The van der Waals surface area contributed by atoms with E-state index < -0.39 is 15.8 Å². The van der Waals surface area contributed by atoms with Crippen LogP contribution in [-0.2, 0) is 22.9 Å². The van der Waals surface area contributed by atoms with Crippen LogP contribution in [0.5, 0.6) is 5.75 Å². The number of halogens is 1. The van der Waals surface area contributed by atoms with Gasteiger partial charge in [-0.15, -0.1) is 0 Å². The molecule has 3 heterocycles. The van der Waals surface area contributed by atoms with Crippen LogP contribution in [0.1, 0.15) is 24.1 Å². The molecule has 2 aromatic heterocycles. The van der Waals surface area contributed by atoms with Gasteiger partial charge in [0.15, 0.2) is 5.82 Å². The number of aromatic nitrogens is 3. The highest BCUT2D eigenvalue weighted by Crippen LogP contribution is 2.32. The fourth-order valence-corrected chi connectivity index (χ4v) is 6.10. The Morgan fingerprint density at radius 3 is 2.65 bits per heavy atom. The van der Waals surface area contributed by atoms with Gasteiger partial charge in [0.05, 0.1) is 12.8 Å². The molecule has 0 atom stereocenters. The molecule has 1 aliphatic carbocycles. The maximum absolute atomic E-state index is 13.8. The number of ether oxygens (including phenoxy) is 1. The molecule has 0 radical (unpaired) electrons. The summed E-state index contributed by atoms with van der Waals surface area (Å²) in [6.07, 6.45) is 7.88. The summed E-state index contributed by atoms with van der Waals surface area (Å²) < 4.78 is 48.5. The molecule has 31 heavy (non-hydrogen) atoms. The first-order valence-electron chi connectivity index (χ1n) is 10.4. The van der Waals surface area contributed by atoms with Crippen LogP contribution in [0.3, 0.4) is 0 Å². The third-order valence-electron chi connectivity index (χ3n) is 6.08. The summed E-state index contributed by atoms with van der Waals surface area (Å²) in [5.41, 5.74) is 3.43. The zero-order valence-corrected chi connectivity index (χ0v) is 18.1. The van der Waals surface area contributed by atoms with E-state index in [1.54, 1.807) is 6.20 Å². The van der Waals surface area contributed by atoms with Crippen molar-refractivity contribution < 1.29 is 17.5 Å². The van der Waals surface area contributed by atoms with E-state index in [1.165, 1.54) is 29.1 Å². The maximum Gasteiger partial charge on any atom is 0.246 e. The van der Waals surface area contributed by atoms with E-state index in [9.17, 15) is 12.8 Å². The topological polar surface area (TPSA) is 80.0 Å². The molecule has 8 nitrogen and oxygen atoms in total. The van der Waals surface area contributed by atoms with Gasteiger partial charge in [0, 0.05) is 44.1 Å². The second-order valence-corrected chi connectivity index (χ2v) is 9.77. The van der Waals surface area contributed by atoms with Crippen molar-refractivity contribution in [3.63, 3.8) is 0 Å². The van der Waals surface area contributed by atoms with E-state index in [0.717, 1.165) is 48.8 Å². The molecule has 1 aliphatic heterocycles. The van der Waals surface area contributed by atoms with Crippen LogP contribution < -0.4 is 9.64 Å². The fraction of sp³-hybridized carbons (Fsp3) is 0.429. The number of sulfonamides is 1. The van der Waals surface area contributed by atoms with Crippen molar-refractivity contribution in [2.75, 3.05) is 38.2 Å². The molecule has 0 spiro atoms. The average molecular weight is 446 g/mol. The summed E-state index contributed by atoms with van der Waals surface area (Å²) in [5.74, 6) is 0.374. The molecule has 0 N–H and O–H groups in total.